The second-order valence-corrected chi connectivity index (χ2v) is 18.9. The van der Waals surface area contributed by atoms with Crippen LogP contribution in [0.2, 0.25) is 18.1 Å². The van der Waals surface area contributed by atoms with Crippen LogP contribution in [0.15, 0.2) is 60.9 Å². The fraction of sp³-hybridized carbons (Fsp3) is 0.556. The van der Waals surface area contributed by atoms with Gasteiger partial charge in [0.15, 0.2) is 6.23 Å². The number of aromatic nitrogens is 4. The lowest BCUT2D eigenvalue weighted by Gasteiger charge is -2.36. The van der Waals surface area contributed by atoms with Crippen molar-refractivity contribution in [1.29, 1.82) is 0 Å². The molecule has 3 heterocycles. The molecule has 3 atom stereocenters. The number of hydrogen-bond acceptors (Lipinski definition) is 6. The van der Waals surface area contributed by atoms with Gasteiger partial charge >= 0.3 is 0 Å². The summed E-state index contributed by atoms with van der Waals surface area (Å²) in [4.78, 5) is 0. The third kappa shape index (κ3) is 8.64. The Labute approximate surface area is 270 Å². The van der Waals surface area contributed by atoms with Gasteiger partial charge in [0.1, 0.15) is 11.4 Å². The molecule has 3 unspecified atom stereocenters. The van der Waals surface area contributed by atoms with Crippen molar-refractivity contribution in [3.63, 3.8) is 0 Å². The lowest BCUT2D eigenvalue weighted by molar-refractivity contribution is -0.0365. The molecule has 0 N–H and O–H groups in total. The monoisotopic (exact) mass is 632 g/mol. The van der Waals surface area contributed by atoms with Crippen molar-refractivity contribution in [2.45, 2.75) is 104 Å². The Kier molecular flexibility index (Phi) is 10.8. The lowest BCUT2D eigenvalue weighted by Crippen LogP contribution is -2.43. The lowest BCUT2D eigenvalue weighted by atomic mass is 10.1. The van der Waals surface area contributed by atoms with E-state index >= 15 is 0 Å². The van der Waals surface area contributed by atoms with Gasteiger partial charge in [0, 0.05) is 36.9 Å². The van der Waals surface area contributed by atoms with E-state index in [0.29, 0.717) is 25.7 Å². The Morgan fingerprint density at radius 2 is 1.87 bits per heavy atom. The molecule has 5 rings (SSSR count). The van der Waals surface area contributed by atoms with E-state index in [-0.39, 0.29) is 17.4 Å². The molecule has 2 aromatic carbocycles. The molecular formula is C36H52N4O4Si. The second-order valence-electron chi connectivity index (χ2n) is 14.2. The second kappa shape index (κ2) is 14.6. The third-order valence-electron chi connectivity index (χ3n) is 9.14. The maximum atomic E-state index is 6.70. The van der Waals surface area contributed by atoms with E-state index in [4.69, 9.17) is 28.8 Å². The van der Waals surface area contributed by atoms with E-state index < -0.39 is 8.32 Å². The molecule has 0 amide bonds. The highest BCUT2D eigenvalue weighted by molar-refractivity contribution is 6.74. The zero-order valence-electron chi connectivity index (χ0n) is 28.3. The number of hydrogen-bond donors (Lipinski definition) is 0. The van der Waals surface area contributed by atoms with Gasteiger partial charge in [0.2, 0.25) is 8.32 Å². The Morgan fingerprint density at radius 3 is 2.60 bits per heavy atom. The Bertz CT molecular complexity index is 1500. The largest absolute Gasteiger partial charge is 0.543 e. The van der Waals surface area contributed by atoms with E-state index in [0.717, 1.165) is 66.7 Å². The number of rotatable bonds is 14. The molecule has 9 heteroatoms. The van der Waals surface area contributed by atoms with Crippen LogP contribution in [0.3, 0.4) is 0 Å². The average Bonchev–Trinajstić information content (AvgIpc) is 3.63. The summed E-state index contributed by atoms with van der Waals surface area (Å²) < 4.78 is 28.9. The van der Waals surface area contributed by atoms with Crippen LogP contribution < -0.4 is 4.43 Å². The summed E-state index contributed by atoms with van der Waals surface area (Å²) in [6, 6.07) is 16.7. The average molecular weight is 633 g/mol. The molecule has 0 aliphatic carbocycles. The Balaban J connectivity index is 1.23. The maximum Gasteiger partial charge on any atom is 0.250 e. The first-order valence-corrected chi connectivity index (χ1v) is 19.5. The summed E-state index contributed by atoms with van der Waals surface area (Å²) in [7, 11) is -2.00. The van der Waals surface area contributed by atoms with Gasteiger partial charge in [-0.2, -0.15) is 10.2 Å². The number of fused-ring (bicyclic) bond motifs is 1. The molecule has 4 aromatic rings. The SMILES string of the molecule is CC(COCCC(C)OCc1ccccc1)Cn1cc(-c2nn(C3CCCCO3)c3ccc(O[Si](C)(C)C(C)(C)C)cc23)cn1. The highest BCUT2D eigenvalue weighted by atomic mass is 28.4. The third-order valence-corrected chi connectivity index (χ3v) is 13.5. The van der Waals surface area contributed by atoms with Crippen LogP contribution in [-0.2, 0) is 27.4 Å². The summed E-state index contributed by atoms with van der Waals surface area (Å²) in [5.74, 6) is 1.21. The van der Waals surface area contributed by atoms with Gasteiger partial charge in [0.25, 0.3) is 0 Å². The molecule has 8 nitrogen and oxygen atoms in total. The highest BCUT2D eigenvalue weighted by Crippen LogP contribution is 2.40. The van der Waals surface area contributed by atoms with Gasteiger partial charge in [-0.25, -0.2) is 4.68 Å². The normalized spacial score (nSPS) is 17.4. The van der Waals surface area contributed by atoms with Crippen molar-refractivity contribution in [1.82, 2.24) is 19.6 Å². The van der Waals surface area contributed by atoms with Crippen molar-refractivity contribution >= 4 is 19.2 Å². The number of benzene rings is 2. The molecule has 0 saturated carbocycles. The molecule has 1 fully saturated rings. The quantitative estimate of drug-likeness (QED) is 0.102. The molecule has 0 radical (unpaired) electrons. The Morgan fingerprint density at radius 1 is 1.07 bits per heavy atom. The van der Waals surface area contributed by atoms with E-state index in [9.17, 15) is 0 Å². The van der Waals surface area contributed by atoms with Gasteiger partial charge in [-0.1, -0.05) is 58.0 Å². The van der Waals surface area contributed by atoms with Crippen LogP contribution in [0.5, 0.6) is 5.75 Å². The number of nitrogens with zero attached hydrogens (tertiary/aromatic N) is 4. The summed E-state index contributed by atoms with van der Waals surface area (Å²) in [6.07, 6.45) is 8.20. The fourth-order valence-electron chi connectivity index (χ4n) is 5.37. The minimum absolute atomic E-state index is 0.0548. The molecule has 0 bridgehead atoms. The first-order valence-electron chi connectivity index (χ1n) is 16.6. The smallest absolute Gasteiger partial charge is 0.250 e. The minimum Gasteiger partial charge on any atom is -0.543 e. The summed E-state index contributed by atoms with van der Waals surface area (Å²) in [5.41, 5.74) is 4.17. The van der Waals surface area contributed by atoms with Gasteiger partial charge in [-0.05, 0) is 80.4 Å². The van der Waals surface area contributed by atoms with Crippen molar-refractivity contribution in [2.75, 3.05) is 19.8 Å². The van der Waals surface area contributed by atoms with E-state index in [2.05, 4.69) is 88.9 Å². The van der Waals surface area contributed by atoms with Gasteiger partial charge < -0.3 is 18.6 Å². The van der Waals surface area contributed by atoms with E-state index in [1.54, 1.807) is 0 Å². The summed E-state index contributed by atoms with van der Waals surface area (Å²) in [6.45, 7) is 19.2. The number of ether oxygens (including phenoxy) is 3. The topological polar surface area (TPSA) is 72.6 Å². The highest BCUT2D eigenvalue weighted by Gasteiger charge is 2.39. The zero-order valence-corrected chi connectivity index (χ0v) is 29.3. The molecule has 2 aromatic heterocycles. The van der Waals surface area contributed by atoms with Crippen LogP contribution in [-0.4, -0.2) is 53.8 Å². The zero-order chi connectivity index (χ0) is 32.0. The van der Waals surface area contributed by atoms with E-state index in [1.165, 1.54) is 5.56 Å². The van der Waals surface area contributed by atoms with Crippen LogP contribution in [0, 0.1) is 5.92 Å². The van der Waals surface area contributed by atoms with Crippen LogP contribution in [0.4, 0.5) is 0 Å². The van der Waals surface area contributed by atoms with Crippen molar-refractivity contribution < 1.29 is 18.6 Å². The van der Waals surface area contributed by atoms with Gasteiger partial charge in [-0.3, -0.25) is 4.68 Å². The fourth-order valence-corrected chi connectivity index (χ4v) is 6.39. The standard InChI is InChI=1S/C36H52N4O4Si/c1-27(25-41-20-18-28(2)43-26-29-13-9-8-10-14-29)23-39-24-30(22-37-39)35-32-21-31(44-45(6,7)36(3,4)5)16-17-33(32)40(38-35)34-15-11-12-19-42-34/h8-10,13-14,16-17,21-22,24,27-28,34H,11-12,15,18-20,23,25-26H2,1-7H3. The van der Waals surface area contributed by atoms with Crippen LogP contribution >= 0.6 is 0 Å². The molecule has 1 aliphatic heterocycles. The maximum absolute atomic E-state index is 6.70. The summed E-state index contributed by atoms with van der Waals surface area (Å²) >= 11 is 0. The first kappa shape index (κ1) is 33.4. The molecule has 0 spiro atoms. The van der Waals surface area contributed by atoms with Crippen molar-refractivity contribution in [3.05, 3.63) is 66.5 Å². The minimum atomic E-state index is -2.00. The van der Waals surface area contributed by atoms with Gasteiger partial charge in [-0.15, -0.1) is 0 Å². The van der Waals surface area contributed by atoms with E-state index in [1.807, 2.05) is 29.1 Å². The predicted molar refractivity (Wildman–Crippen MR) is 183 cm³/mol. The molecule has 1 saturated heterocycles. The molecular weight excluding hydrogens is 581 g/mol. The molecule has 45 heavy (non-hydrogen) atoms. The van der Waals surface area contributed by atoms with Crippen molar-refractivity contribution in [3.8, 4) is 17.0 Å². The Hall–Kier alpha value is -2.98. The van der Waals surface area contributed by atoms with Crippen LogP contribution in [0.25, 0.3) is 22.2 Å². The molecule has 244 valence electrons. The van der Waals surface area contributed by atoms with Crippen molar-refractivity contribution in [2.24, 2.45) is 5.92 Å². The summed E-state index contributed by atoms with van der Waals surface area (Å²) in [5, 5.41) is 11.0. The first-order chi connectivity index (χ1) is 21.5. The predicted octanol–water partition coefficient (Wildman–Crippen LogP) is 8.63. The van der Waals surface area contributed by atoms with Gasteiger partial charge in [0.05, 0.1) is 31.0 Å². The molecule has 1 aliphatic rings. The van der Waals surface area contributed by atoms with Crippen LogP contribution in [0.1, 0.15) is 72.1 Å².